The Bertz CT molecular complexity index is 420. The van der Waals surface area contributed by atoms with Gasteiger partial charge in [-0.1, -0.05) is 0 Å². The molecule has 18 heavy (non-hydrogen) atoms. The standard InChI is InChI=1S/C11H18N4O3/c1-7-4-9(14-15(7)3)11(18)13-6-10(17)12-5-8(2)16/h4,8,16H,5-6H2,1-3H3,(H,12,17)(H,13,18). The van der Waals surface area contributed by atoms with E-state index in [-0.39, 0.29) is 24.7 Å². The fourth-order valence-electron chi connectivity index (χ4n) is 1.25. The molecule has 0 saturated carbocycles. The van der Waals surface area contributed by atoms with Crippen molar-refractivity contribution >= 4 is 11.8 Å². The number of carbonyl (C=O) groups is 2. The lowest BCUT2D eigenvalue weighted by molar-refractivity contribution is -0.120. The number of hydrogen-bond acceptors (Lipinski definition) is 4. The molecule has 0 radical (unpaired) electrons. The zero-order valence-corrected chi connectivity index (χ0v) is 10.7. The zero-order valence-electron chi connectivity index (χ0n) is 10.7. The van der Waals surface area contributed by atoms with Crippen LogP contribution in [0.15, 0.2) is 6.07 Å². The Morgan fingerprint density at radius 3 is 2.67 bits per heavy atom. The quantitative estimate of drug-likeness (QED) is 0.625. The maximum absolute atomic E-state index is 11.6. The fraction of sp³-hybridized carbons (Fsp3) is 0.545. The van der Waals surface area contributed by atoms with Crippen LogP contribution in [0.25, 0.3) is 0 Å². The molecule has 0 aliphatic carbocycles. The van der Waals surface area contributed by atoms with Crippen LogP contribution in [0.3, 0.4) is 0 Å². The molecule has 3 N–H and O–H groups in total. The molecule has 1 aromatic rings. The van der Waals surface area contributed by atoms with Crippen LogP contribution in [-0.4, -0.2) is 45.9 Å². The number of aromatic nitrogens is 2. The van der Waals surface area contributed by atoms with Crippen molar-refractivity contribution < 1.29 is 14.7 Å². The predicted molar refractivity (Wildman–Crippen MR) is 65.0 cm³/mol. The number of hydrogen-bond donors (Lipinski definition) is 3. The summed E-state index contributed by atoms with van der Waals surface area (Å²) in [5.41, 5.74) is 1.14. The second-order valence-corrected chi connectivity index (χ2v) is 4.13. The molecule has 100 valence electrons. The van der Waals surface area contributed by atoms with Gasteiger partial charge in [-0.15, -0.1) is 0 Å². The van der Waals surface area contributed by atoms with Gasteiger partial charge in [-0.25, -0.2) is 0 Å². The second-order valence-electron chi connectivity index (χ2n) is 4.13. The van der Waals surface area contributed by atoms with Crippen LogP contribution in [-0.2, 0) is 11.8 Å². The lowest BCUT2D eigenvalue weighted by Crippen LogP contribution is -2.39. The van der Waals surface area contributed by atoms with E-state index in [1.807, 2.05) is 6.92 Å². The molecule has 0 fully saturated rings. The molecule has 0 spiro atoms. The first kappa shape index (κ1) is 14.2. The molecular weight excluding hydrogens is 236 g/mol. The molecule has 0 bridgehead atoms. The topological polar surface area (TPSA) is 96.2 Å². The van der Waals surface area contributed by atoms with Crippen LogP contribution >= 0.6 is 0 Å². The van der Waals surface area contributed by atoms with Crippen molar-refractivity contribution in [2.45, 2.75) is 20.0 Å². The van der Waals surface area contributed by atoms with Crippen LogP contribution in [0.2, 0.25) is 0 Å². The van der Waals surface area contributed by atoms with E-state index in [2.05, 4.69) is 15.7 Å². The van der Waals surface area contributed by atoms with Gasteiger partial charge < -0.3 is 15.7 Å². The summed E-state index contributed by atoms with van der Waals surface area (Å²) in [6.45, 7) is 3.42. The summed E-state index contributed by atoms with van der Waals surface area (Å²) >= 11 is 0. The van der Waals surface area contributed by atoms with E-state index >= 15 is 0 Å². The molecule has 1 aromatic heterocycles. The van der Waals surface area contributed by atoms with Crippen molar-refractivity contribution in [2.24, 2.45) is 7.05 Å². The summed E-state index contributed by atoms with van der Waals surface area (Å²) < 4.78 is 1.59. The number of rotatable bonds is 5. The van der Waals surface area contributed by atoms with Gasteiger partial charge in [-0.05, 0) is 19.9 Å². The van der Waals surface area contributed by atoms with Crippen LogP contribution in [0.1, 0.15) is 23.1 Å². The fourth-order valence-corrected chi connectivity index (χ4v) is 1.25. The van der Waals surface area contributed by atoms with Crippen LogP contribution in [0.5, 0.6) is 0 Å². The van der Waals surface area contributed by atoms with Crippen LogP contribution in [0.4, 0.5) is 0 Å². The Labute approximate surface area is 105 Å². The monoisotopic (exact) mass is 254 g/mol. The molecule has 0 aliphatic heterocycles. The van der Waals surface area contributed by atoms with E-state index in [1.54, 1.807) is 24.7 Å². The van der Waals surface area contributed by atoms with Gasteiger partial charge in [0.1, 0.15) is 5.69 Å². The van der Waals surface area contributed by atoms with Crippen molar-refractivity contribution in [3.8, 4) is 0 Å². The number of aliphatic hydroxyl groups excluding tert-OH is 1. The van der Waals surface area contributed by atoms with Gasteiger partial charge in [-0.2, -0.15) is 5.10 Å². The maximum atomic E-state index is 11.6. The average molecular weight is 254 g/mol. The zero-order chi connectivity index (χ0) is 13.7. The highest BCUT2D eigenvalue weighted by Crippen LogP contribution is 2.00. The third-order valence-electron chi connectivity index (χ3n) is 2.35. The molecular formula is C11H18N4O3. The minimum Gasteiger partial charge on any atom is -0.392 e. The van der Waals surface area contributed by atoms with E-state index in [1.165, 1.54) is 0 Å². The van der Waals surface area contributed by atoms with Crippen molar-refractivity contribution in [1.82, 2.24) is 20.4 Å². The largest absolute Gasteiger partial charge is 0.392 e. The summed E-state index contributed by atoms with van der Waals surface area (Å²) in [6.07, 6.45) is -0.608. The molecule has 7 nitrogen and oxygen atoms in total. The van der Waals surface area contributed by atoms with E-state index in [0.29, 0.717) is 0 Å². The van der Waals surface area contributed by atoms with Crippen LogP contribution < -0.4 is 10.6 Å². The third-order valence-corrected chi connectivity index (χ3v) is 2.35. The van der Waals surface area contributed by atoms with E-state index in [9.17, 15) is 9.59 Å². The first-order chi connectivity index (χ1) is 8.40. The van der Waals surface area contributed by atoms with Gasteiger partial charge >= 0.3 is 0 Å². The normalized spacial score (nSPS) is 12.0. The highest BCUT2D eigenvalue weighted by atomic mass is 16.3. The summed E-state index contributed by atoms with van der Waals surface area (Å²) in [7, 11) is 1.74. The minimum atomic E-state index is -0.608. The van der Waals surface area contributed by atoms with Gasteiger partial charge in [0.2, 0.25) is 5.91 Å². The molecule has 0 saturated heterocycles. The number of aliphatic hydroxyl groups is 1. The number of carbonyl (C=O) groups excluding carboxylic acids is 2. The van der Waals surface area contributed by atoms with Crippen molar-refractivity contribution in [3.63, 3.8) is 0 Å². The lowest BCUT2D eigenvalue weighted by Gasteiger charge is -2.07. The molecule has 1 rings (SSSR count). The van der Waals surface area contributed by atoms with Gasteiger partial charge in [0.05, 0.1) is 12.6 Å². The number of aryl methyl sites for hydroxylation is 2. The molecule has 1 unspecified atom stereocenters. The Morgan fingerprint density at radius 1 is 1.50 bits per heavy atom. The van der Waals surface area contributed by atoms with Crippen molar-refractivity contribution in [3.05, 3.63) is 17.5 Å². The Hall–Kier alpha value is -1.89. The summed E-state index contributed by atoms with van der Waals surface area (Å²) in [6, 6.07) is 1.64. The van der Waals surface area contributed by atoms with E-state index < -0.39 is 12.0 Å². The predicted octanol–water partition coefficient (Wildman–Crippen LogP) is -1.04. The van der Waals surface area contributed by atoms with E-state index in [0.717, 1.165) is 5.69 Å². The smallest absolute Gasteiger partial charge is 0.272 e. The Balaban J connectivity index is 2.39. The Morgan fingerprint density at radius 2 is 2.17 bits per heavy atom. The van der Waals surface area contributed by atoms with Crippen molar-refractivity contribution in [1.29, 1.82) is 0 Å². The molecule has 1 atom stereocenters. The molecule has 1 heterocycles. The van der Waals surface area contributed by atoms with E-state index in [4.69, 9.17) is 5.11 Å². The Kier molecular flexibility index (Phi) is 4.85. The van der Waals surface area contributed by atoms with Gasteiger partial charge in [-0.3, -0.25) is 14.3 Å². The number of nitrogens with one attached hydrogen (secondary N) is 2. The first-order valence-corrected chi connectivity index (χ1v) is 5.63. The van der Waals surface area contributed by atoms with Gasteiger partial charge in [0.25, 0.3) is 5.91 Å². The number of nitrogens with zero attached hydrogens (tertiary/aromatic N) is 2. The molecule has 0 aliphatic rings. The van der Waals surface area contributed by atoms with Crippen molar-refractivity contribution in [2.75, 3.05) is 13.1 Å². The second kappa shape index (κ2) is 6.15. The molecule has 7 heteroatoms. The minimum absolute atomic E-state index is 0.138. The number of amides is 2. The van der Waals surface area contributed by atoms with Gasteiger partial charge in [0, 0.05) is 19.3 Å². The molecule has 2 amide bonds. The maximum Gasteiger partial charge on any atom is 0.272 e. The average Bonchev–Trinajstić information content (AvgIpc) is 2.64. The first-order valence-electron chi connectivity index (χ1n) is 5.63. The molecule has 0 aromatic carbocycles. The highest BCUT2D eigenvalue weighted by Gasteiger charge is 2.12. The SMILES string of the molecule is Cc1cc(C(=O)NCC(=O)NCC(C)O)nn1C. The lowest BCUT2D eigenvalue weighted by atomic mass is 10.3. The van der Waals surface area contributed by atoms with Gasteiger partial charge in [0.15, 0.2) is 0 Å². The third kappa shape index (κ3) is 4.17. The van der Waals surface area contributed by atoms with Crippen LogP contribution in [0, 0.1) is 6.92 Å². The summed E-state index contributed by atoms with van der Waals surface area (Å²) in [5.74, 6) is -0.747. The highest BCUT2D eigenvalue weighted by molar-refractivity contribution is 5.94. The summed E-state index contributed by atoms with van der Waals surface area (Å²) in [5, 5.41) is 17.9. The summed E-state index contributed by atoms with van der Waals surface area (Å²) in [4.78, 5) is 22.9.